The summed E-state index contributed by atoms with van der Waals surface area (Å²) >= 11 is 7.04. The van der Waals surface area contributed by atoms with Crippen molar-refractivity contribution in [2.75, 3.05) is 0 Å². The van der Waals surface area contributed by atoms with Crippen LogP contribution in [0.15, 0.2) is 50.5 Å². The number of benzene rings is 1. The van der Waals surface area contributed by atoms with Crippen LogP contribution in [0.25, 0.3) is 0 Å². The number of thiophene rings is 1. The summed E-state index contributed by atoms with van der Waals surface area (Å²) in [5, 5.41) is 4.65. The third-order valence-electron chi connectivity index (χ3n) is 2.81. The first-order valence-electron chi connectivity index (χ1n) is 5.90. The van der Waals surface area contributed by atoms with Gasteiger partial charge in [-0.15, -0.1) is 11.8 Å². The van der Waals surface area contributed by atoms with Crippen molar-refractivity contribution in [1.82, 2.24) is 0 Å². The van der Waals surface area contributed by atoms with Crippen LogP contribution in [0.4, 0.5) is 0 Å². The highest BCUT2D eigenvalue weighted by atomic mass is 79.9. The number of halogens is 1. The van der Waals surface area contributed by atoms with Gasteiger partial charge in [0, 0.05) is 15.4 Å². The fourth-order valence-electron chi connectivity index (χ4n) is 1.71. The van der Waals surface area contributed by atoms with Crippen LogP contribution in [0.2, 0.25) is 0 Å². The standard InChI is InChI=1S/C14H16BrNS2/c1-2-13(16)14(10-7-8-17-9-10)18-12-5-3-11(15)4-6-12/h3-9,13-14H,2,16H2,1H3. The van der Waals surface area contributed by atoms with E-state index in [4.69, 9.17) is 5.73 Å². The number of hydrogen-bond acceptors (Lipinski definition) is 3. The number of nitrogens with two attached hydrogens (primary N) is 1. The van der Waals surface area contributed by atoms with Crippen LogP contribution in [0, 0.1) is 0 Å². The highest BCUT2D eigenvalue weighted by Crippen LogP contribution is 2.39. The molecular formula is C14H16BrNS2. The Balaban J connectivity index is 2.17. The average Bonchev–Trinajstić information content (AvgIpc) is 2.91. The maximum absolute atomic E-state index is 6.26. The molecule has 0 aliphatic heterocycles. The molecule has 0 spiro atoms. The highest BCUT2D eigenvalue weighted by Gasteiger charge is 2.20. The maximum atomic E-state index is 6.26. The summed E-state index contributed by atoms with van der Waals surface area (Å²) in [5.41, 5.74) is 7.60. The van der Waals surface area contributed by atoms with Gasteiger partial charge in [0.05, 0.1) is 5.25 Å². The van der Waals surface area contributed by atoms with Crippen molar-refractivity contribution in [1.29, 1.82) is 0 Å². The summed E-state index contributed by atoms with van der Waals surface area (Å²) in [4.78, 5) is 1.26. The Morgan fingerprint density at radius 3 is 2.56 bits per heavy atom. The largest absolute Gasteiger partial charge is 0.326 e. The van der Waals surface area contributed by atoms with Gasteiger partial charge in [0.15, 0.2) is 0 Å². The SMILES string of the molecule is CCC(N)C(Sc1ccc(Br)cc1)c1ccsc1. The lowest BCUT2D eigenvalue weighted by Crippen LogP contribution is -2.25. The molecule has 0 saturated heterocycles. The minimum atomic E-state index is 0.188. The van der Waals surface area contributed by atoms with Crippen LogP contribution in [0.3, 0.4) is 0 Å². The van der Waals surface area contributed by atoms with Gasteiger partial charge in [-0.3, -0.25) is 0 Å². The fourth-order valence-corrected chi connectivity index (χ4v) is 4.00. The molecule has 0 bridgehead atoms. The van der Waals surface area contributed by atoms with Gasteiger partial charge in [0.25, 0.3) is 0 Å². The van der Waals surface area contributed by atoms with Crippen LogP contribution in [-0.2, 0) is 0 Å². The van der Waals surface area contributed by atoms with E-state index in [2.05, 4.69) is 63.9 Å². The van der Waals surface area contributed by atoms with E-state index in [0.717, 1.165) is 10.9 Å². The molecule has 1 heterocycles. The molecule has 96 valence electrons. The summed E-state index contributed by atoms with van der Waals surface area (Å²) in [7, 11) is 0. The van der Waals surface area contributed by atoms with Crippen LogP contribution >= 0.6 is 39.0 Å². The Bertz CT molecular complexity index is 467. The second-order valence-corrected chi connectivity index (χ2v) is 7.03. The van der Waals surface area contributed by atoms with Gasteiger partial charge in [-0.05, 0) is 53.1 Å². The second kappa shape index (κ2) is 6.75. The minimum absolute atomic E-state index is 0.188. The predicted molar refractivity (Wildman–Crippen MR) is 85.3 cm³/mol. The molecule has 1 aromatic carbocycles. The Hall–Kier alpha value is -0.290. The molecule has 2 N–H and O–H groups in total. The third-order valence-corrected chi connectivity index (χ3v) is 5.46. The van der Waals surface area contributed by atoms with Crippen LogP contribution in [0.1, 0.15) is 24.2 Å². The molecule has 1 nitrogen and oxygen atoms in total. The number of thioether (sulfide) groups is 1. The zero-order valence-electron chi connectivity index (χ0n) is 10.2. The van der Waals surface area contributed by atoms with Gasteiger partial charge in [0.1, 0.15) is 0 Å². The summed E-state index contributed by atoms with van der Waals surface area (Å²) < 4.78 is 1.11. The van der Waals surface area contributed by atoms with E-state index < -0.39 is 0 Å². The molecule has 0 fully saturated rings. The van der Waals surface area contributed by atoms with Crippen molar-refractivity contribution >= 4 is 39.0 Å². The molecule has 0 aliphatic carbocycles. The van der Waals surface area contributed by atoms with Gasteiger partial charge < -0.3 is 5.73 Å². The molecule has 2 unspecified atom stereocenters. The highest BCUT2D eigenvalue weighted by molar-refractivity contribution is 9.10. The van der Waals surface area contributed by atoms with Crippen LogP contribution < -0.4 is 5.73 Å². The quantitative estimate of drug-likeness (QED) is 0.767. The van der Waals surface area contributed by atoms with Gasteiger partial charge in [-0.2, -0.15) is 11.3 Å². The lowest BCUT2D eigenvalue weighted by atomic mass is 10.1. The van der Waals surface area contributed by atoms with Gasteiger partial charge in [-0.25, -0.2) is 0 Å². The molecule has 18 heavy (non-hydrogen) atoms. The first-order valence-corrected chi connectivity index (χ1v) is 8.52. The van der Waals surface area contributed by atoms with E-state index in [9.17, 15) is 0 Å². The van der Waals surface area contributed by atoms with E-state index in [1.807, 2.05) is 11.8 Å². The molecule has 0 radical (unpaired) electrons. The van der Waals surface area contributed by atoms with E-state index >= 15 is 0 Å². The lowest BCUT2D eigenvalue weighted by molar-refractivity contribution is 0.635. The molecule has 0 saturated carbocycles. The van der Waals surface area contributed by atoms with Gasteiger partial charge >= 0.3 is 0 Å². The third kappa shape index (κ3) is 3.60. The summed E-state index contributed by atoms with van der Waals surface area (Å²) in [5.74, 6) is 0. The lowest BCUT2D eigenvalue weighted by Gasteiger charge is -2.21. The Morgan fingerprint density at radius 1 is 1.28 bits per heavy atom. The van der Waals surface area contributed by atoms with Gasteiger partial charge in [-0.1, -0.05) is 22.9 Å². The van der Waals surface area contributed by atoms with Gasteiger partial charge in [0.2, 0.25) is 0 Å². The monoisotopic (exact) mass is 341 g/mol. The summed E-state index contributed by atoms with van der Waals surface area (Å²) in [6, 6.07) is 10.8. The van der Waals surface area contributed by atoms with Crippen molar-refractivity contribution in [3.05, 3.63) is 51.1 Å². The maximum Gasteiger partial charge on any atom is 0.0503 e. The Kier molecular flexibility index (Phi) is 5.30. The van der Waals surface area contributed by atoms with E-state index in [1.54, 1.807) is 11.3 Å². The normalized spacial score (nSPS) is 14.4. The molecule has 4 heteroatoms. The Labute approximate surface area is 125 Å². The first-order chi connectivity index (χ1) is 8.70. The van der Waals surface area contributed by atoms with Crippen molar-refractivity contribution in [3.8, 4) is 0 Å². The molecule has 0 amide bonds. The average molecular weight is 342 g/mol. The second-order valence-electron chi connectivity index (χ2n) is 4.12. The van der Waals surface area contributed by atoms with Crippen molar-refractivity contribution in [2.24, 2.45) is 5.73 Å². The number of hydrogen-bond donors (Lipinski definition) is 1. The van der Waals surface area contributed by atoms with Crippen LogP contribution in [0.5, 0.6) is 0 Å². The Morgan fingerprint density at radius 2 is 2.00 bits per heavy atom. The van der Waals surface area contributed by atoms with Crippen molar-refractivity contribution in [2.45, 2.75) is 29.5 Å². The zero-order chi connectivity index (χ0) is 13.0. The fraction of sp³-hybridized carbons (Fsp3) is 0.286. The van der Waals surface area contributed by atoms with E-state index in [1.165, 1.54) is 10.5 Å². The first kappa shape index (κ1) is 14.1. The topological polar surface area (TPSA) is 26.0 Å². The summed E-state index contributed by atoms with van der Waals surface area (Å²) in [6.45, 7) is 2.15. The smallest absolute Gasteiger partial charge is 0.0503 e. The zero-order valence-corrected chi connectivity index (χ0v) is 13.4. The molecule has 2 atom stereocenters. The van der Waals surface area contributed by atoms with E-state index in [0.29, 0.717) is 5.25 Å². The molecule has 2 aromatic rings. The van der Waals surface area contributed by atoms with E-state index in [-0.39, 0.29) is 6.04 Å². The summed E-state index contributed by atoms with van der Waals surface area (Å²) in [6.07, 6.45) is 0.990. The number of rotatable bonds is 5. The molecule has 2 rings (SSSR count). The minimum Gasteiger partial charge on any atom is -0.326 e. The van der Waals surface area contributed by atoms with Crippen LogP contribution in [-0.4, -0.2) is 6.04 Å². The molecular weight excluding hydrogens is 326 g/mol. The predicted octanol–water partition coefficient (Wildman–Crippen LogP) is 5.08. The van der Waals surface area contributed by atoms with Crippen molar-refractivity contribution < 1.29 is 0 Å². The molecule has 1 aromatic heterocycles. The molecule has 0 aliphatic rings. The van der Waals surface area contributed by atoms with Crippen molar-refractivity contribution in [3.63, 3.8) is 0 Å².